The van der Waals surface area contributed by atoms with Gasteiger partial charge in [-0.05, 0) is 11.3 Å². The molecule has 15 heavy (non-hydrogen) atoms. The van der Waals surface area contributed by atoms with Gasteiger partial charge in [-0.2, -0.15) is 0 Å². The molecule has 0 aliphatic carbocycles. The second kappa shape index (κ2) is 5.79. The summed E-state index contributed by atoms with van der Waals surface area (Å²) in [4.78, 5) is 19.0. The molecule has 0 saturated heterocycles. The molecule has 0 fully saturated rings. The van der Waals surface area contributed by atoms with Crippen LogP contribution in [-0.2, 0) is 4.12 Å². The highest BCUT2D eigenvalue weighted by atomic mass is 28.4. The molecule has 0 unspecified atom stereocenters. The lowest BCUT2D eigenvalue weighted by Crippen LogP contribution is -2.37. The van der Waals surface area contributed by atoms with Crippen molar-refractivity contribution in [2.45, 2.75) is 0 Å². The molecule has 0 aliphatic rings. The first-order valence-electron chi connectivity index (χ1n) is 4.58. The Bertz CT molecular complexity index is 336. The highest BCUT2D eigenvalue weighted by Gasteiger charge is 2.26. The molecule has 0 aliphatic heterocycles. The third-order valence-corrected chi connectivity index (χ3v) is 4.91. The molecule has 80 valence electrons. The molecule has 1 aromatic carbocycles. The fourth-order valence-electron chi connectivity index (χ4n) is 0.999. The highest BCUT2D eigenvalue weighted by molar-refractivity contribution is 6.69. The number of hydrogen-bond acceptors (Lipinski definition) is 3. The van der Waals surface area contributed by atoms with Crippen LogP contribution in [0.1, 0.15) is 5.56 Å². The van der Waals surface area contributed by atoms with E-state index in [1.807, 2.05) is 30.3 Å². The summed E-state index contributed by atoms with van der Waals surface area (Å²) >= 11 is 0. The van der Waals surface area contributed by atoms with Crippen LogP contribution in [0.3, 0.4) is 0 Å². The summed E-state index contributed by atoms with van der Waals surface area (Å²) in [5, 5.41) is 0. The molecule has 0 atom stereocenters. The van der Waals surface area contributed by atoms with Gasteiger partial charge in [0, 0.05) is 0 Å². The first kappa shape index (κ1) is 12.1. The smallest absolute Gasteiger partial charge is 0.415 e. The zero-order valence-electron chi connectivity index (χ0n) is 8.34. The summed E-state index contributed by atoms with van der Waals surface area (Å²) in [5.41, 5.74) is 3.88. The van der Waals surface area contributed by atoms with Crippen LogP contribution in [-0.4, -0.2) is 28.2 Å². The van der Waals surface area contributed by atoms with Crippen LogP contribution in [0.25, 0.3) is 6.08 Å². The summed E-state index contributed by atoms with van der Waals surface area (Å²) in [6.45, 7) is 3.49. The zero-order chi connectivity index (χ0) is 11.1. The predicted octanol–water partition coefficient (Wildman–Crippen LogP) is 0.406. The van der Waals surface area contributed by atoms with Crippen molar-refractivity contribution in [1.82, 2.24) is 0 Å². The van der Waals surface area contributed by atoms with E-state index in [0.717, 1.165) is 5.56 Å². The minimum atomic E-state index is -3.60. The summed E-state index contributed by atoms with van der Waals surface area (Å²) in [5.74, 6) is 0. The van der Waals surface area contributed by atoms with Crippen LogP contribution in [0.4, 0.5) is 0 Å². The minimum absolute atomic E-state index is 0.918. The average molecular weight is 238 g/mol. The molecule has 1 aromatic rings. The van der Waals surface area contributed by atoms with E-state index in [1.165, 1.54) is 5.70 Å². The van der Waals surface area contributed by atoms with Crippen molar-refractivity contribution in [3.8, 4) is 0 Å². The van der Waals surface area contributed by atoms with E-state index in [0.29, 0.717) is 0 Å². The largest absolute Gasteiger partial charge is 0.513 e. The highest BCUT2D eigenvalue weighted by Crippen LogP contribution is 2.05. The average Bonchev–Trinajstić information content (AvgIpc) is 2.25. The lowest BCUT2D eigenvalue weighted by molar-refractivity contribution is 0.266. The fraction of sp³-hybridized carbons (Fsp3) is 0. The lowest BCUT2D eigenvalue weighted by atomic mass is 10.2. The van der Waals surface area contributed by atoms with Gasteiger partial charge in [0.1, 0.15) is 0 Å². The lowest BCUT2D eigenvalue weighted by Gasteiger charge is -2.12. The first-order valence-corrected chi connectivity index (χ1v) is 7.85. The molecule has 1 rings (SSSR count). The van der Waals surface area contributed by atoms with Gasteiger partial charge in [0.2, 0.25) is 0 Å². The fourth-order valence-corrected chi connectivity index (χ4v) is 3.25. The number of rotatable bonds is 5. The second-order valence-electron chi connectivity index (χ2n) is 3.00. The predicted molar refractivity (Wildman–Crippen MR) is 65.5 cm³/mol. The first-order chi connectivity index (χ1) is 7.14. The number of hydrogen-bond donors (Lipinski definition) is 2. The Labute approximate surface area is 92.7 Å². The maximum Gasteiger partial charge on any atom is 0.513 e. The van der Waals surface area contributed by atoms with Gasteiger partial charge in [0.15, 0.2) is 9.76 Å². The van der Waals surface area contributed by atoms with Crippen molar-refractivity contribution in [2.75, 3.05) is 0 Å². The molecule has 0 heterocycles. The zero-order valence-corrected chi connectivity index (χ0v) is 10.7. The Hall–Kier alpha value is -0.986. The van der Waals surface area contributed by atoms with Crippen molar-refractivity contribution < 1.29 is 13.7 Å². The van der Waals surface area contributed by atoms with Gasteiger partial charge in [0.05, 0.1) is 0 Å². The van der Waals surface area contributed by atoms with Gasteiger partial charge in [-0.1, -0.05) is 42.1 Å². The van der Waals surface area contributed by atoms with Crippen molar-refractivity contribution >= 4 is 24.6 Å². The Morgan fingerprint density at radius 3 is 2.53 bits per heavy atom. The van der Waals surface area contributed by atoms with E-state index in [2.05, 4.69) is 6.58 Å². The van der Waals surface area contributed by atoms with Crippen LogP contribution in [0.2, 0.25) is 0 Å². The van der Waals surface area contributed by atoms with E-state index in [1.54, 1.807) is 11.8 Å². The van der Waals surface area contributed by atoms with Crippen LogP contribution in [0.5, 0.6) is 0 Å². The normalized spacial score (nSPS) is 12.7. The Morgan fingerprint density at radius 2 is 1.93 bits per heavy atom. The molecule has 0 bridgehead atoms. The third-order valence-electron chi connectivity index (χ3n) is 1.71. The summed E-state index contributed by atoms with van der Waals surface area (Å²) in [7, 11) is -4.61. The van der Waals surface area contributed by atoms with Gasteiger partial charge in [-0.3, -0.25) is 0 Å². The van der Waals surface area contributed by atoms with Gasteiger partial charge >= 0.3 is 8.80 Å². The molecule has 0 aromatic heterocycles. The Balaban J connectivity index is 2.60. The van der Waals surface area contributed by atoms with Crippen LogP contribution in [0, 0.1) is 0 Å². The van der Waals surface area contributed by atoms with Crippen LogP contribution < -0.4 is 0 Å². The second-order valence-corrected chi connectivity index (χ2v) is 6.72. The molecule has 3 nitrogen and oxygen atoms in total. The summed E-state index contributed by atoms with van der Waals surface area (Å²) in [6.07, 6.45) is 1.66. The maximum absolute atomic E-state index is 9.48. The molecule has 0 amide bonds. The van der Waals surface area contributed by atoms with Crippen molar-refractivity contribution in [3.05, 3.63) is 53.9 Å². The maximum atomic E-state index is 9.48. The molecule has 0 saturated carbocycles. The molecule has 0 radical (unpaired) electrons. The van der Waals surface area contributed by atoms with Crippen molar-refractivity contribution in [1.29, 1.82) is 0 Å². The molecule has 2 N–H and O–H groups in total. The van der Waals surface area contributed by atoms with Gasteiger partial charge in [-0.25, -0.2) is 0 Å². The van der Waals surface area contributed by atoms with Crippen molar-refractivity contribution in [3.63, 3.8) is 0 Å². The van der Waals surface area contributed by atoms with Crippen molar-refractivity contribution in [2.24, 2.45) is 0 Å². The van der Waals surface area contributed by atoms with E-state index in [-0.39, 0.29) is 0 Å². The summed E-state index contributed by atoms with van der Waals surface area (Å²) in [6, 6.07) is 9.44. The molecular weight excluding hydrogens is 224 g/mol. The summed E-state index contributed by atoms with van der Waals surface area (Å²) < 4.78 is 4.98. The van der Waals surface area contributed by atoms with Gasteiger partial charge in [-0.15, -0.1) is 6.58 Å². The van der Waals surface area contributed by atoms with E-state index < -0.39 is 18.6 Å². The standard InChI is InChI=1S/C10H14O3Si2/c1-2-14-13-15(11,12)9-8-10-6-4-3-5-7-10/h2-9,11-12H,1,14H2. The Morgan fingerprint density at radius 1 is 1.27 bits per heavy atom. The Kier molecular flexibility index (Phi) is 4.66. The SMILES string of the molecule is C=C[SiH2]O[Si](O)(O)C=Cc1ccccc1. The quantitative estimate of drug-likeness (QED) is 0.730. The molecular formula is C10H14O3Si2. The number of benzene rings is 1. The van der Waals surface area contributed by atoms with Gasteiger partial charge < -0.3 is 13.7 Å². The minimum Gasteiger partial charge on any atom is -0.415 e. The van der Waals surface area contributed by atoms with Crippen LogP contribution >= 0.6 is 0 Å². The molecule has 0 spiro atoms. The van der Waals surface area contributed by atoms with E-state index >= 15 is 0 Å². The molecule has 5 heteroatoms. The topological polar surface area (TPSA) is 49.7 Å². The van der Waals surface area contributed by atoms with E-state index in [9.17, 15) is 9.59 Å². The monoisotopic (exact) mass is 238 g/mol. The van der Waals surface area contributed by atoms with Gasteiger partial charge in [0.25, 0.3) is 0 Å². The van der Waals surface area contributed by atoms with E-state index in [4.69, 9.17) is 4.12 Å². The third kappa shape index (κ3) is 4.86. The van der Waals surface area contributed by atoms with Crippen LogP contribution in [0.15, 0.2) is 48.3 Å².